The lowest BCUT2D eigenvalue weighted by Gasteiger charge is -2.05. The molecule has 17 heavy (non-hydrogen) atoms. The number of hydrogen-bond donors (Lipinski definition) is 0. The van der Waals surface area contributed by atoms with Gasteiger partial charge < -0.3 is 0 Å². The lowest BCUT2D eigenvalue weighted by atomic mass is 10.3. The largest absolute Gasteiger partial charge is 0.328 e. The first-order valence-electron chi connectivity index (χ1n) is 5.76. The van der Waals surface area contributed by atoms with Crippen molar-refractivity contribution in [3.05, 3.63) is 40.3 Å². The van der Waals surface area contributed by atoms with Crippen LogP contribution in [-0.2, 0) is 13.6 Å². The van der Waals surface area contributed by atoms with Gasteiger partial charge in [-0.15, -0.1) is 0 Å². The second-order valence-corrected chi connectivity index (χ2v) is 4.61. The molecule has 2 rings (SSSR count). The van der Waals surface area contributed by atoms with Gasteiger partial charge in [-0.3, -0.25) is 13.8 Å². The van der Waals surface area contributed by atoms with Crippen LogP contribution in [0.1, 0.15) is 31.3 Å². The van der Waals surface area contributed by atoms with E-state index in [9.17, 15) is 4.79 Å². The van der Waals surface area contributed by atoms with Gasteiger partial charge in [-0.1, -0.05) is 0 Å². The number of hydrogen-bond acceptors (Lipinski definition) is 2. The molecule has 0 aliphatic carbocycles. The third kappa shape index (κ3) is 2.18. The van der Waals surface area contributed by atoms with Crippen molar-refractivity contribution in [2.45, 2.75) is 33.4 Å². The van der Waals surface area contributed by atoms with Crippen LogP contribution in [-0.4, -0.2) is 18.9 Å². The normalized spacial score (nSPS) is 11.4. The average molecular weight is 234 g/mol. The van der Waals surface area contributed by atoms with Gasteiger partial charge in [0.15, 0.2) is 0 Å². The van der Waals surface area contributed by atoms with Crippen molar-refractivity contribution in [2.24, 2.45) is 7.05 Å². The quantitative estimate of drug-likeness (QED) is 0.804. The summed E-state index contributed by atoms with van der Waals surface area (Å²) in [7, 11) is 1.90. The van der Waals surface area contributed by atoms with E-state index in [4.69, 9.17) is 0 Å². The first-order valence-corrected chi connectivity index (χ1v) is 5.76. The monoisotopic (exact) mass is 234 g/mol. The molecule has 0 saturated heterocycles. The van der Waals surface area contributed by atoms with Gasteiger partial charge in [-0.05, 0) is 26.8 Å². The van der Waals surface area contributed by atoms with Gasteiger partial charge in [0.25, 0.3) is 0 Å². The summed E-state index contributed by atoms with van der Waals surface area (Å²) in [6.45, 7) is 6.52. The summed E-state index contributed by atoms with van der Waals surface area (Å²) in [6.07, 6.45) is 3.65. The van der Waals surface area contributed by atoms with Gasteiger partial charge in [0.1, 0.15) is 0 Å². The van der Waals surface area contributed by atoms with Crippen LogP contribution in [0.25, 0.3) is 0 Å². The Labute approximate surface area is 100 Å². The zero-order valence-electron chi connectivity index (χ0n) is 10.7. The number of nitrogens with zero attached hydrogens (tertiary/aromatic N) is 4. The minimum absolute atomic E-state index is 0.0267. The Bertz CT molecular complexity index is 574. The molecule has 2 aromatic heterocycles. The minimum atomic E-state index is 0.0267. The summed E-state index contributed by atoms with van der Waals surface area (Å²) in [5.74, 6) is 0. The smallest absolute Gasteiger partial charge is 0.297 e. The Kier molecular flexibility index (Phi) is 2.92. The van der Waals surface area contributed by atoms with Crippen molar-refractivity contribution < 1.29 is 0 Å². The van der Waals surface area contributed by atoms with E-state index in [-0.39, 0.29) is 11.7 Å². The molecule has 0 saturated carbocycles. The molecule has 0 unspecified atom stereocenters. The van der Waals surface area contributed by atoms with E-state index in [1.165, 1.54) is 0 Å². The van der Waals surface area contributed by atoms with E-state index >= 15 is 0 Å². The van der Waals surface area contributed by atoms with Crippen LogP contribution in [0.2, 0.25) is 0 Å². The van der Waals surface area contributed by atoms with Gasteiger partial charge in [0.2, 0.25) is 0 Å². The molecule has 0 aliphatic heterocycles. The Balaban J connectivity index is 2.31. The molecule has 92 valence electrons. The van der Waals surface area contributed by atoms with E-state index in [2.05, 4.69) is 5.10 Å². The predicted molar refractivity (Wildman–Crippen MR) is 66.1 cm³/mol. The van der Waals surface area contributed by atoms with Gasteiger partial charge in [0, 0.05) is 25.5 Å². The van der Waals surface area contributed by atoms with Crippen molar-refractivity contribution in [3.8, 4) is 0 Å². The first-order chi connectivity index (χ1) is 7.99. The summed E-state index contributed by atoms with van der Waals surface area (Å²) < 4.78 is 5.24. The molecule has 0 N–H and O–H groups in total. The highest BCUT2D eigenvalue weighted by Crippen LogP contribution is 2.05. The van der Waals surface area contributed by atoms with Gasteiger partial charge in [-0.2, -0.15) is 5.10 Å². The molecule has 0 bridgehead atoms. The molecule has 0 fully saturated rings. The second kappa shape index (κ2) is 4.24. The lowest BCUT2D eigenvalue weighted by Crippen LogP contribution is -2.26. The SMILES string of the molecule is Cc1cc(Cn2ccn(C(C)C)c2=O)n(C)n1. The molecule has 0 amide bonds. The van der Waals surface area contributed by atoms with Crippen molar-refractivity contribution in [3.63, 3.8) is 0 Å². The summed E-state index contributed by atoms with van der Waals surface area (Å²) in [5, 5.41) is 4.27. The third-order valence-corrected chi connectivity index (χ3v) is 2.86. The molecule has 0 spiro atoms. The fourth-order valence-electron chi connectivity index (χ4n) is 1.93. The summed E-state index contributed by atoms with van der Waals surface area (Å²) >= 11 is 0. The molecule has 2 aromatic rings. The van der Waals surface area contributed by atoms with Crippen LogP contribution in [0.4, 0.5) is 0 Å². The predicted octanol–water partition coefficient (Wildman–Crippen LogP) is 1.32. The molecule has 0 aliphatic rings. The average Bonchev–Trinajstić information content (AvgIpc) is 2.73. The zero-order valence-corrected chi connectivity index (χ0v) is 10.7. The van der Waals surface area contributed by atoms with E-state index in [0.29, 0.717) is 6.54 Å². The summed E-state index contributed by atoms with van der Waals surface area (Å²) in [5.41, 5.74) is 2.03. The van der Waals surface area contributed by atoms with Crippen LogP contribution in [0.15, 0.2) is 23.3 Å². The molecule has 0 aromatic carbocycles. The van der Waals surface area contributed by atoms with E-state index in [0.717, 1.165) is 11.4 Å². The van der Waals surface area contributed by atoms with Crippen LogP contribution < -0.4 is 5.69 Å². The number of rotatable bonds is 3. The molecule has 5 nitrogen and oxygen atoms in total. The number of aryl methyl sites for hydroxylation is 2. The minimum Gasteiger partial charge on any atom is -0.297 e. The fraction of sp³-hybridized carbons (Fsp3) is 0.500. The highest BCUT2D eigenvalue weighted by molar-refractivity contribution is 5.09. The summed E-state index contributed by atoms with van der Waals surface area (Å²) in [6, 6.07) is 2.19. The Morgan fingerprint density at radius 3 is 2.53 bits per heavy atom. The maximum absolute atomic E-state index is 12.0. The summed E-state index contributed by atoms with van der Waals surface area (Å²) in [4.78, 5) is 12.0. The van der Waals surface area contributed by atoms with Gasteiger partial charge in [-0.25, -0.2) is 4.79 Å². The maximum Gasteiger partial charge on any atom is 0.328 e. The highest BCUT2D eigenvalue weighted by Gasteiger charge is 2.08. The highest BCUT2D eigenvalue weighted by atomic mass is 16.1. The zero-order chi connectivity index (χ0) is 12.6. The van der Waals surface area contributed by atoms with Crippen molar-refractivity contribution in [1.82, 2.24) is 18.9 Å². The number of aromatic nitrogens is 4. The molecular formula is C12H18N4O. The van der Waals surface area contributed by atoms with E-state index in [1.54, 1.807) is 9.13 Å². The Morgan fingerprint density at radius 1 is 1.35 bits per heavy atom. The Morgan fingerprint density at radius 2 is 2.06 bits per heavy atom. The van der Waals surface area contributed by atoms with Crippen LogP contribution >= 0.6 is 0 Å². The van der Waals surface area contributed by atoms with Crippen LogP contribution in [0, 0.1) is 6.92 Å². The van der Waals surface area contributed by atoms with E-state index < -0.39 is 0 Å². The van der Waals surface area contributed by atoms with Crippen molar-refractivity contribution in [2.75, 3.05) is 0 Å². The Hall–Kier alpha value is -1.78. The maximum atomic E-state index is 12.0. The molecule has 2 heterocycles. The van der Waals surface area contributed by atoms with E-state index in [1.807, 2.05) is 51.0 Å². The third-order valence-electron chi connectivity index (χ3n) is 2.86. The van der Waals surface area contributed by atoms with Gasteiger partial charge in [0.05, 0.1) is 17.9 Å². The van der Waals surface area contributed by atoms with Crippen molar-refractivity contribution >= 4 is 0 Å². The lowest BCUT2D eigenvalue weighted by molar-refractivity contribution is 0.555. The molecular weight excluding hydrogens is 216 g/mol. The van der Waals surface area contributed by atoms with Crippen molar-refractivity contribution in [1.29, 1.82) is 0 Å². The topological polar surface area (TPSA) is 44.8 Å². The molecule has 0 radical (unpaired) electrons. The molecule has 5 heteroatoms. The molecule has 0 atom stereocenters. The standard InChI is InChI=1S/C12H18N4O/c1-9(2)16-6-5-15(12(16)17)8-11-7-10(3)13-14(11)4/h5-7,9H,8H2,1-4H3. The van der Waals surface area contributed by atoms with Crippen LogP contribution in [0.5, 0.6) is 0 Å². The van der Waals surface area contributed by atoms with Crippen LogP contribution in [0.3, 0.4) is 0 Å². The van der Waals surface area contributed by atoms with Gasteiger partial charge >= 0.3 is 5.69 Å². The number of imidazole rings is 1. The fourth-order valence-corrected chi connectivity index (χ4v) is 1.93. The first kappa shape index (κ1) is 11.7. The second-order valence-electron chi connectivity index (χ2n) is 4.61.